The fraction of sp³-hybridized carbons (Fsp3) is 0.591. The molecular weight excluding hydrogens is 585 g/mol. The zero-order valence-electron chi connectivity index (χ0n) is 31.3. The monoisotopic (exact) mass is 653 g/mol. The molecule has 0 radical (unpaired) electrons. The molecule has 1 aliphatic rings. The van der Waals surface area contributed by atoms with Gasteiger partial charge in [0.15, 0.2) is 0 Å². The average Bonchev–Trinajstić information content (AvgIpc) is 3.30. The Hall–Kier alpha value is -2.52. The van der Waals surface area contributed by atoms with Crippen molar-refractivity contribution >= 4 is 19.5 Å². The van der Waals surface area contributed by atoms with Crippen LogP contribution in [0.3, 0.4) is 0 Å². The predicted molar refractivity (Wildman–Crippen MR) is 210 cm³/mol. The molecule has 2 aromatic rings. The minimum Gasteiger partial charge on any atom is -0.493 e. The fourth-order valence-corrected chi connectivity index (χ4v) is 8.52. The number of allylic oxidation sites excluding steroid dienone is 4. The quantitative estimate of drug-likeness (QED) is 0.0612. The molecule has 0 aromatic heterocycles. The van der Waals surface area contributed by atoms with Crippen molar-refractivity contribution in [1.82, 2.24) is 0 Å². The summed E-state index contributed by atoms with van der Waals surface area (Å²) in [6.07, 6.45) is 29.5. The van der Waals surface area contributed by atoms with E-state index in [1.807, 2.05) is 0 Å². The highest BCUT2D eigenvalue weighted by Crippen LogP contribution is 2.43. The molecule has 47 heavy (non-hydrogen) atoms. The molecule has 1 heterocycles. The lowest BCUT2D eigenvalue weighted by Crippen LogP contribution is -2.23. The summed E-state index contributed by atoms with van der Waals surface area (Å²) < 4.78 is 1.54. The maximum Gasteiger partial charge on any atom is 0.215 e. The van der Waals surface area contributed by atoms with Gasteiger partial charge in [0.25, 0.3) is 0 Å². The van der Waals surface area contributed by atoms with Gasteiger partial charge in [-0.15, -0.1) is 0 Å². The number of hydrogen-bond donors (Lipinski definition) is 0. The third-order valence-electron chi connectivity index (χ3n) is 9.56. The van der Waals surface area contributed by atoms with E-state index in [4.69, 9.17) is 0 Å². The third kappa shape index (κ3) is 13.9. The molecule has 0 fully saturated rings. The van der Waals surface area contributed by atoms with Crippen LogP contribution < -0.4 is 0 Å². The van der Waals surface area contributed by atoms with E-state index in [-0.39, 0.29) is 0 Å². The van der Waals surface area contributed by atoms with Crippen molar-refractivity contribution in [3.05, 3.63) is 99.6 Å². The normalized spacial score (nSPS) is 14.0. The SMILES string of the molecule is CCCCCCCCCCCCCC=CC1=C(c2cccc(C)c2)[N+](=[N-])C(c2cccc(C[Si](C)(C)C)c2)=C1CCCCCCCC. The Bertz CT molecular complexity index is 1320. The molecule has 0 bridgehead atoms. The van der Waals surface area contributed by atoms with E-state index in [2.05, 4.69) is 101 Å². The first-order chi connectivity index (χ1) is 22.7. The first kappa shape index (κ1) is 38.9. The number of aryl methyl sites for hydroxylation is 1. The summed E-state index contributed by atoms with van der Waals surface area (Å²) >= 11 is 0. The van der Waals surface area contributed by atoms with Gasteiger partial charge in [0, 0.05) is 24.8 Å². The Morgan fingerprint density at radius 1 is 0.638 bits per heavy atom. The van der Waals surface area contributed by atoms with Crippen LogP contribution in [0.4, 0.5) is 0 Å². The maximum absolute atomic E-state index is 12.1. The number of unbranched alkanes of at least 4 members (excludes halogenated alkanes) is 16. The minimum absolute atomic E-state index is 0.940. The Balaban J connectivity index is 1.81. The summed E-state index contributed by atoms with van der Waals surface area (Å²) in [5.74, 6) is 0. The van der Waals surface area contributed by atoms with Gasteiger partial charge in [0.2, 0.25) is 11.4 Å². The van der Waals surface area contributed by atoms with Crippen LogP contribution in [-0.2, 0) is 6.04 Å². The van der Waals surface area contributed by atoms with E-state index >= 15 is 0 Å². The van der Waals surface area contributed by atoms with E-state index in [9.17, 15) is 5.53 Å². The van der Waals surface area contributed by atoms with E-state index in [1.165, 1.54) is 130 Å². The van der Waals surface area contributed by atoms with Crippen LogP contribution in [0.5, 0.6) is 0 Å². The number of hydrogen-bond acceptors (Lipinski definition) is 0. The molecule has 0 N–H and O–H groups in total. The van der Waals surface area contributed by atoms with Gasteiger partial charge in [-0.2, -0.15) is 0 Å². The molecule has 0 atom stereocenters. The van der Waals surface area contributed by atoms with E-state index in [0.717, 1.165) is 47.8 Å². The molecule has 0 saturated heterocycles. The predicted octanol–water partition coefficient (Wildman–Crippen LogP) is 14.6. The van der Waals surface area contributed by atoms with Crippen LogP contribution in [-0.4, -0.2) is 12.8 Å². The molecule has 258 valence electrons. The largest absolute Gasteiger partial charge is 0.493 e. The summed E-state index contributed by atoms with van der Waals surface area (Å²) in [5.41, 5.74) is 21.4. The molecule has 0 amide bonds. The Kier molecular flexibility index (Phi) is 17.8. The van der Waals surface area contributed by atoms with Gasteiger partial charge in [0.05, 0.1) is 5.57 Å². The van der Waals surface area contributed by atoms with Crippen molar-refractivity contribution < 1.29 is 4.70 Å². The Labute approximate surface area is 291 Å². The minimum atomic E-state index is -1.28. The van der Waals surface area contributed by atoms with Crippen LogP contribution in [0.15, 0.2) is 71.8 Å². The molecular formula is C44H68N2Si. The van der Waals surface area contributed by atoms with Gasteiger partial charge in [-0.1, -0.05) is 172 Å². The number of nitrogens with zero attached hydrogens (tertiary/aromatic N) is 2. The molecule has 0 spiro atoms. The van der Waals surface area contributed by atoms with Crippen LogP contribution in [0.1, 0.15) is 158 Å². The van der Waals surface area contributed by atoms with Gasteiger partial charge < -0.3 is 5.53 Å². The smallest absolute Gasteiger partial charge is 0.215 e. The summed E-state index contributed by atoms with van der Waals surface area (Å²) in [4.78, 5) is 0. The second-order valence-corrected chi connectivity index (χ2v) is 20.9. The van der Waals surface area contributed by atoms with Gasteiger partial charge in [-0.05, 0) is 68.5 Å². The maximum atomic E-state index is 12.1. The topological polar surface area (TPSA) is 25.3 Å². The van der Waals surface area contributed by atoms with Gasteiger partial charge >= 0.3 is 0 Å². The standard InChI is InChI=1S/C44H68N2Si/c1-7-9-11-13-15-16-17-18-19-20-21-23-25-32-41-42(33-24-22-14-12-10-8-2)44(40-31-27-29-38(35-40)36-47(4,5)6)46(45)43(41)39-30-26-28-37(3)34-39/h25-32,34-35H,7-24,33,36H2,1-6H3. The molecule has 0 saturated carbocycles. The van der Waals surface area contributed by atoms with Gasteiger partial charge in [0.1, 0.15) is 0 Å². The molecule has 2 aromatic carbocycles. The van der Waals surface area contributed by atoms with Crippen molar-refractivity contribution in [3.8, 4) is 0 Å². The second-order valence-electron chi connectivity index (χ2n) is 15.5. The first-order valence-corrected chi connectivity index (χ1v) is 23.3. The zero-order valence-corrected chi connectivity index (χ0v) is 32.3. The highest BCUT2D eigenvalue weighted by Gasteiger charge is 2.34. The molecule has 3 heteroatoms. The first-order valence-electron chi connectivity index (χ1n) is 19.5. The van der Waals surface area contributed by atoms with Gasteiger partial charge in [-0.3, -0.25) is 0 Å². The van der Waals surface area contributed by atoms with Crippen molar-refractivity contribution in [2.75, 3.05) is 0 Å². The lowest BCUT2D eigenvalue weighted by Gasteiger charge is -2.17. The highest BCUT2D eigenvalue weighted by molar-refractivity contribution is 6.75. The van der Waals surface area contributed by atoms with Crippen LogP contribution >= 0.6 is 0 Å². The van der Waals surface area contributed by atoms with Crippen molar-refractivity contribution in [2.24, 2.45) is 0 Å². The average molecular weight is 653 g/mol. The van der Waals surface area contributed by atoms with Gasteiger partial charge in [-0.25, -0.2) is 4.70 Å². The Morgan fingerprint density at radius 3 is 1.74 bits per heavy atom. The molecule has 3 rings (SSSR count). The third-order valence-corrected chi connectivity index (χ3v) is 11.0. The fourth-order valence-electron chi connectivity index (χ4n) is 7.07. The second kappa shape index (κ2) is 21.4. The highest BCUT2D eigenvalue weighted by atomic mass is 28.3. The Morgan fingerprint density at radius 2 is 1.17 bits per heavy atom. The van der Waals surface area contributed by atoms with E-state index in [1.54, 1.807) is 0 Å². The van der Waals surface area contributed by atoms with Crippen LogP contribution in [0.2, 0.25) is 19.6 Å². The lowest BCUT2D eigenvalue weighted by atomic mass is 9.93. The van der Waals surface area contributed by atoms with Crippen LogP contribution in [0, 0.1) is 6.92 Å². The summed E-state index contributed by atoms with van der Waals surface area (Å²) in [6.45, 7) is 14.0. The lowest BCUT2D eigenvalue weighted by molar-refractivity contribution is -0.345. The summed E-state index contributed by atoms with van der Waals surface area (Å²) in [5, 5.41) is 0. The molecule has 2 nitrogen and oxygen atoms in total. The van der Waals surface area contributed by atoms with E-state index in [0.29, 0.717) is 0 Å². The molecule has 0 aliphatic carbocycles. The summed E-state index contributed by atoms with van der Waals surface area (Å²) in [7, 11) is -1.28. The number of rotatable bonds is 24. The van der Waals surface area contributed by atoms with Crippen molar-refractivity contribution in [3.63, 3.8) is 0 Å². The van der Waals surface area contributed by atoms with Crippen LogP contribution in [0.25, 0.3) is 16.9 Å². The van der Waals surface area contributed by atoms with Crippen molar-refractivity contribution in [2.45, 2.75) is 168 Å². The molecule has 1 aliphatic heterocycles. The number of benzene rings is 2. The zero-order chi connectivity index (χ0) is 33.9. The van der Waals surface area contributed by atoms with E-state index < -0.39 is 8.07 Å². The van der Waals surface area contributed by atoms with Crippen molar-refractivity contribution in [1.29, 1.82) is 0 Å². The summed E-state index contributed by atoms with van der Waals surface area (Å²) in [6, 6.07) is 18.8. The molecule has 0 unspecified atom stereocenters.